The molecule has 0 aliphatic heterocycles. The van der Waals surface area contributed by atoms with E-state index in [1.807, 2.05) is 19.1 Å². The number of rotatable bonds is 19. The van der Waals surface area contributed by atoms with Crippen LogP contribution in [0.15, 0.2) is 30.4 Å². The molecule has 0 fully saturated rings. The van der Waals surface area contributed by atoms with Crippen molar-refractivity contribution in [3.63, 3.8) is 0 Å². The molecule has 0 radical (unpaired) electrons. The van der Waals surface area contributed by atoms with Crippen LogP contribution >= 0.6 is 0 Å². The maximum absolute atomic E-state index is 12.2. The van der Waals surface area contributed by atoms with Gasteiger partial charge in [0.2, 0.25) is 5.91 Å². The first-order valence-electron chi connectivity index (χ1n) is 12.9. The fourth-order valence-corrected chi connectivity index (χ4v) is 3.96. The second-order valence-electron chi connectivity index (χ2n) is 9.01. The Morgan fingerprint density at radius 1 is 0.969 bits per heavy atom. The molecule has 0 spiro atoms. The predicted octanol–water partition coefficient (Wildman–Crippen LogP) is 7.49. The van der Waals surface area contributed by atoms with Gasteiger partial charge in [0, 0.05) is 12.5 Å². The summed E-state index contributed by atoms with van der Waals surface area (Å²) in [6.45, 7) is 4.28. The zero-order valence-electron chi connectivity index (χ0n) is 20.8. The van der Waals surface area contributed by atoms with Crippen molar-refractivity contribution in [1.82, 2.24) is 5.32 Å². The van der Waals surface area contributed by atoms with Gasteiger partial charge in [0.15, 0.2) is 11.5 Å². The number of methoxy groups -OCH3 is 1. The number of phenolic OH excluding ortho intramolecular Hbond substituents is 1. The summed E-state index contributed by atoms with van der Waals surface area (Å²) in [5, 5.41) is 12.8. The Kier molecular flexibility index (Phi) is 16.3. The lowest BCUT2D eigenvalue weighted by Gasteiger charge is -2.15. The molecule has 4 heteroatoms. The number of aromatic hydroxyl groups is 1. The number of allylic oxidation sites excluding steroid dienone is 2. The van der Waals surface area contributed by atoms with Gasteiger partial charge in [-0.15, -0.1) is 0 Å². The highest BCUT2D eigenvalue weighted by Gasteiger charge is 2.10. The van der Waals surface area contributed by atoms with Crippen molar-refractivity contribution >= 4 is 5.91 Å². The van der Waals surface area contributed by atoms with Crippen LogP contribution in [0.4, 0.5) is 0 Å². The molecule has 1 aromatic rings. The standard InChI is InChI=1S/C28H47NO3/c1-4-5-6-7-8-9-10-11-12-13-14-15-16-17-18-19-28(31)29-24(2)22-25-20-21-26(30)27(23-25)32-3/h11-12,20-21,23-24,30H,4-10,13-19,22H2,1-3H3,(H,29,31)/b12-11-. The smallest absolute Gasteiger partial charge is 0.220 e. The summed E-state index contributed by atoms with van der Waals surface area (Å²) in [4.78, 5) is 12.2. The molecule has 1 atom stereocenters. The number of hydrogen-bond donors (Lipinski definition) is 2. The van der Waals surface area contributed by atoms with Crippen LogP contribution in [0, 0.1) is 0 Å². The number of benzene rings is 1. The summed E-state index contributed by atoms with van der Waals surface area (Å²) in [6, 6.07) is 5.38. The second kappa shape index (κ2) is 18.6. The molecular weight excluding hydrogens is 398 g/mol. The number of ether oxygens (including phenoxy) is 1. The minimum absolute atomic E-state index is 0.0554. The van der Waals surface area contributed by atoms with E-state index in [0.717, 1.165) is 24.8 Å². The highest BCUT2D eigenvalue weighted by Crippen LogP contribution is 2.26. The summed E-state index contributed by atoms with van der Waals surface area (Å²) in [5.74, 6) is 0.729. The zero-order valence-corrected chi connectivity index (χ0v) is 20.8. The molecule has 2 N–H and O–H groups in total. The van der Waals surface area contributed by atoms with Crippen LogP contribution in [0.5, 0.6) is 11.5 Å². The van der Waals surface area contributed by atoms with E-state index < -0.39 is 0 Å². The average Bonchev–Trinajstić information content (AvgIpc) is 2.77. The lowest BCUT2D eigenvalue weighted by molar-refractivity contribution is -0.121. The Morgan fingerprint density at radius 2 is 1.56 bits per heavy atom. The molecule has 4 nitrogen and oxygen atoms in total. The predicted molar refractivity (Wildman–Crippen MR) is 135 cm³/mol. The fraction of sp³-hybridized carbons (Fsp3) is 0.679. The topological polar surface area (TPSA) is 58.6 Å². The third kappa shape index (κ3) is 14.2. The summed E-state index contributed by atoms with van der Waals surface area (Å²) in [6.07, 6.45) is 22.5. The van der Waals surface area contributed by atoms with E-state index in [0.29, 0.717) is 12.2 Å². The third-order valence-corrected chi connectivity index (χ3v) is 5.86. The fourth-order valence-electron chi connectivity index (χ4n) is 3.96. The van der Waals surface area contributed by atoms with Gasteiger partial charge in [-0.3, -0.25) is 4.79 Å². The number of amides is 1. The van der Waals surface area contributed by atoms with Crippen LogP contribution in [0.25, 0.3) is 0 Å². The molecule has 0 saturated carbocycles. The first-order valence-corrected chi connectivity index (χ1v) is 12.9. The Bertz CT molecular complexity index is 642. The number of phenols is 1. The van der Waals surface area contributed by atoms with Crippen molar-refractivity contribution in [2.75, 3.05) is 7.11 Å². The zero-order chi connectivity index (χ0) is 23.4. The third-order valence-electron chi connectivity index (χ3n) is 5.86. The molecule has 0 saturated heterocycles. The Morgan fingerprint density at radius 3 is 2.19 bits per heavy atom. The van der Waals surface area contributed by atoms with E-state index in [9.17, 15) is 9.90 Å². The molecule has 0 aromatic heterocycles. The molecule has 0 bridgehead atoms. The summed E-state index contributed by atoms with van der Waals surface area (Å²) in [5.41, 5.74) is 1.04. The molecule has 1 rings (SSSR count). The largest absolute Gasteiger partial charge is 0.504 e. The van der Waals surface area contributed by atoms with Gasteiger partial charge in [-0.1, -0.05) is 76.5 Å². The molecule has 1 unspecified atom stereocenters. The lowest BCUT2D eigenvalue weighted by Crippen LogP contribution is -2.33. The Labute approximate surface area is 196 Å². The van der Waals surface area contributed by atoms with Gasteiger partial charge in [-0.05, 0) is 63.1 Å². The van der Waals surface area contributed by atoms with Crippen LogP contribution in [-0.2, 0) is 11.2 Å². The van der Waals surface area contributed by atoms with Gasteiger partial charge < -0.3 is 15.2 Å². The van der Waals surface area contributed by atoms with Crippen molar-refractivity contribution in [2.24, 2.45) is 0 Å². The monoisotopic (exact) mass is 445 g/mol. The number of carbonyl (C=O) groups excluding carboxylic acids is 1. The average molecular weight is 446 g/mol. The highest BCUT2D eigenvalue weighted by atomic mass is 16.5. The van der Waals surface area contributed by atoms with Crippen molar-refractivity contribution < 1.29 is 14.6 Å². The first kappa shape index (κ1) is 28.1. The maximum Gasteiger partial charge on any atom is 0.220 e. The van der Waals surface area contributed by atoms with Gasteiger partial charge >= 0.3 is 0 Å². The normalized spacial score (nSPS) is 12.2. The van der Waals surface area contributed by atoms with Gasteiger partial charge in [-0.25, -0.2) is 0 Å². The molecule has 1 amide bonds. The molecule has 0 aliphatic rings. The summed E-state index contributed by atoms with van der Waals surface area (Å²) < 4.78 is 5.14. The molecule has 0 aliphatic carbocycles. The molecule has 1 aromatic carbocycles. The van der Waals surface area contributed by atoms with Crippen LogP contribution in [0.1, 0.15) is 109 Å². The van der Waals surface area contributed by atoms with Crippen molar-refractivity contribution in [3.05, 3.63) is 35.9 Å². The van der Waals surface area contributed by atoms with Gasteiger partial charge in [0.1, 0.15) is 0 Å². The lowest BCUT2D eigenvalue weighted by atomic mass is 10.1. The van der Waals surface area contributed by atoms with E-state index in [1.54, 1.807) is 6.07 Å². The van der Waals surface area contributed by atoms with Gasteiger partial charge in [0.05, 0.1) is 7.11 Å². The Hall–Kier alpha value is -1.97. The summed E-state index contributed by atoms with van der Waals surface area (Å²) in [7, 11) is 1.54. The number of hydrogen-bond acceptors (Lipinski definition) is 3. The first-order chi connectivity index (χ1) is 15.6. The number of carbonyl (C=O) groups is 1. The summed E-state index contributed by atoms with van der Waals surface area (Å²) >= 11 is 0. The van der Waals surface area contributed by atoms with Crippen LogP contribution in [-0.4, -0.2) is 24.2 Å². The van der Waals surface area contributed by atoms with Crippen LogP contribution < -0.4 is 10.1 Å². The maximum atomic E-state index is 12.2. The van der Waals surface area contributed by atoms with Gasteiger partial charge in [0.25, 0.3) is 0 Å². The van der Waals surface area contributed by atoms with Crippen molar-refractivity contribution in [1.29, 1.82) is 0 Å². The Balaban J connectivity index is 1.98. The minimum Gasteiger partial charge on any atom is -0.504 e. The molecule has 32 heavy (non-hydrogen) atoms. The van der Waals surface area contributed by atoms with E-state index in [-0.39, 0.29) is 17.7 Å². The van der Waals surface area contributed by atoms with E-state index >= 15 is 0 Å². The van der Waals surface area contributed by atoms with E-state index in [1.165, 1.54) is 77.7 Å². The van der Waals surface area contributed by atoms with Crippen molar-refractivity contribution in [2.45, 2.75) is 116 Å². The van der Waals surface area contributed by atoms with E-state index in [2.05, 4.69) is 24.4 Å². The van der Waals surface area contributed by atoms with Crippen LogP contribution in [0.3, 0.4) is 0 Å². The molecule has 0 heterocycles. The minimum atomic E-state index is 0.0554. The van der Waals surface area contributed by atoms with E-state index in [4.69, 9.17) is 4.74 Å². The van der Waals surface area contributed by atoms with Gasteiger partial charge in [-0.2, -0.15) is 0 Å². The quantitative estimate of drug-likeness (QED) is 0.171. The highest BCUT2D eigenvalue weighted by molar-refractivity contribution is 5.76. The number of unbranched alkanes of at least 4 members (excludes halogenated alkanes) is 11. The number of nitrogens with one attached hydrogen (secondary N) is 1. The SMILES string of the molecule is CCCCCCCC/C=C\CCCCCCCC(=O)NC(C)Cc1ccc(O)c(OC)c1. The van der Waals surface area contributed by atoms with Crippen LogP contribution in [0.2, 0.25) is 0 Å². The molecule has 182 valence electrons. The second-order valence-corrected chi connectivity index (χ2v) is 9.01. The van der Waals surface area contributed by atoms with Crippen molar-refractivity contribution in [3.8, 4) is 11.5 Å². The molecular formula is C28H47NO3.